The zero-order valence-corrected chi connectivity index (χ0v) is 11.5. The van der Waals surface area contributed by atoms with Crippen molar-refractivity contribution in [3.63, 3.8) is 0 Å². The van der Waals surface area contributed by atoms with Crippen LogP contribution in [0.4, 0.5) is 17.6 Å². The Morgan fingerprint density at radius 2 is 1.90 bits per heavy atom. The highest BCUT2D eigenvalue weighted by Crippen LogP contribution is 2.48. The van der Waals surface area contributed by atoms with Gasteiger partial charge >= 0.3 is 17.8 Å². The van der Waals surface area contributed by atoms with Crippen molar-refractivity contribution in [1.29, 1.82) is 0 Å². The minimum atomic E-state index is -4.05. The summed E-state index contributed by atoms with van der Waals surface area (Å²) in [6.45, 7) is -0.00728. The summed E-state index contributed by atoms with van der Waals surface area (Å²) in [5.41, 5.74) is 0. The van der Waals surface area contributed by atoms with Gasteiger partial charge in [0.1, 0.15) is 0 Å². The van der Waals surface area contributed by atoms with E-state index in [0.29, 0.717) is 11.8 Å². The Morgan fingerprint density at radius 1 is 1.20 bits per heavy atom. The van der Waals surface area contributed by atoms with Crippen LogP contribution in [0.15, 0.2) is 0 Å². The molecule has 0 N–H and O–H groups in total. The lowest BCUT2D eigenvalue weighted by Gasteiger charge is -2.23. The molecule has 0 aromatic carbocycles. The average molecular weight is 296 g/mol. The number of alkyl halides is 4. The van der Waals surface area contributed by atoms with E-state index in [2.05, 4.69) is 0 Å². The summed E-state index contributed by atoms with van der Waals surface area (Å²) in [6, 6.07) is 0. The molecule has 3 unspecified atom stereocenters. The van der Waals surface area contributed by atoms with Crippen LogP contribution in [0, 0.1) is 17.8 Å². The van der Waals surface area contributed by atoms with E-state index in [1.54, 1.807) is 0 Å². The molecule has 2 aliphatic rings. The third kappa shape index (κ3) is 3.26. The SMILES string of the molecule is CC(F)(F)C(F)(F)CCCOC(=O)C1CC2CCC1C2. The predicted molar refractivity (Wildman–Crippen MR) is 64.7 cm³/mol. The fourth-order valence-electron chi connectivity index (χ4n) is 3.33. The molecule has 0 aromatic rings. The second-order valence-electron chi connectivity index (χ2n) is 6.15. The van der Waals surface area contributed by atoms with Crippen molar-refractivity contribution in [1.82, 2.24) is 0 Å². The summed E-state index contributed by atoms with van der Waals surface area (Å²) >= 11 is 0. The first-order chi connectivity index (χ1) is 9.21. The van der Waals surface area contributed by atoms with E-state index in [0.717, 1.165) is 25.7 Å². The normalized spacial score (nSPS) is 29.8. The van der Waals surface area contributed by atoms with Crippen LogP contribution in [0.5, 0.6) is 0 Å². The van der Waals surface area contributed by atoms with Gasteiger partial charge in [-0.15, -0.1) is 0 Å². The van der Waals surface area contributed by atoms with Crippen LogP contribution in [-0.4, -0.2) is 24.4 Å². The molecule has 0 radical (unpaired) electrons. The summed E-state index contributed by atoms with van der Waals surface area (Å²) in [4.78, 5) is 11.8. The van der Waals surface area contributed by atoms with Crippen molar-refractivity contribution in [2.24, 2.45) is 17.8 Å². The van der Waals surface area contributed by atoms with Crippen LogP contribution < -0.4 is 0 Å². The van der Waals surface area contributed by atoms with Gasteiger partial charge in [0.25, 0.3) is 0 Å². The van der Waals surface area contributed by atoms with Crippen molar-refractivity contribution in [3.05, 3.63) is 0 Å². The number of hydrogen-bond donors (Lipinski definition) is 0. The zero-order chi connectivity index (χ0) is 15.0. The van der Waals surface area contributed by atoms with Gasteiger partial charge in [0.15, 0.2) is 0 Å². The van der Waals surface area contributed by atoms with Crippen LogP contribution in [-0.2, 0) is 9.53 Å². The number of carbonyl (C=O) groups is 1. The van der Waals surface area contributed by atoms with Gasteiger partial charge in [-0.1, -0.05) is 6.42 Å². The van der Waals surface area contributed by atoms with E-state index in [4.69, 9.17) is 4.74 Å². The third-order valence-electron chi connectivity index (χ3n) is 4.56. The molecule has 2 nitrogen and oxygen atoms in total. The van der Waals surface area contributed by atoms with Gasteiger partial charge < -0.3 is 4.74 Å². The third-order valence-corrected chi connectivity index (χ3v) is 4.56. The molecule has 0 saturated heterocycles. The lowest BCUT2D eigenvalue weighted by atomic mass is 9.89. The largest absolute Gasteiger partial charge is 0.465 e. The minimum Gasteiger partial charge on any atom is -0.465 e. The van der Waals surface area contributed by atoms with Crippen molar-refractivity contribution in [3.8, 4) is 0 Å². The number of esters is 1. The van der Waals surface area contributed by atoms with Crippen molar-refractivity contribution >= 4 is 5.97 Å². The van der Waals surface area contributed by atoms with Gasteiger partial charge in [0, 0.05) is 13.3 Å². The Kier molecular flexibility index (Phi) is 4.30. The summed E-state index contributed by atoms with van der Waals surface area (Å²) in [5, 5.41) is 0. The summed E-state index contributed by atoms with van der Waals surface area (Å²) in [6.07, 6.45) is 2.85. The molecule has 0 spiro atoms. The first-order valence-electron chi connectivity index (χ1n) is 7.13. The van der Waals surface area contributed by atoms with Gasteiger partial charge in [0.2, 0.25) is 0 Å². The molecule has 2 bridgehead atoms. The smallest absolute Gasteiger partial charge is 0.310 e. The molecule has 0 aliphatic heterocycles. The predicted octanol–water partition coefficient (Wildman–Crippen LogP) is 4.04. The minimum absolute atomic E-state index is 0.109. The molecule has 3 atom stereocenters. The Hall–Kier alpha value is -0.810. The van der Waals surface area contributed by atoms with E-state index >= 15 is 0 Å². The van der Waals surface area contributed by atoms with Gasteiger partial charge in [-0.3, -0.25) is 4.79 Å². The van der Waals surface area contributed by atoms with Crippen LogP contribution in [0.2, 0.25) is 0 Å². The fraction of sp³-hybridized carbons (Fsp3) is 0.929. The van der Waals surface area contributed by atoms with Gasteiger partial charge in [-0.25, -0.2) is 8.78 Å². The molecular formula is C14H20F4O2. The lowest BCUT2D eigenvalue weighted by Crippen LogP contribution is -2.37. The van der Waals surface area contributed by atoms with Gasteiger partial charge in [0.05, 0.1) is 12.5 Å². The molecule has 20 heavy (non-hydrogen) atoms. The lowest BCUT2D eigenvalue weighted by molar-refractivity contribution is -0.202. The van der Waals surface area contributed by atoms with Crippen molar-refractivity contribution in [2.45, 2.75) is 57.3 Å². The zero-order valence-electron chi connectivity index (χ0n) is 11.5. The van der Waals surface area contributed by atoms with Crippen molar-refractivity contribution < 1.29 is 27.1 Å². The monoisotopic (exact) mass is 296 g/mol. The van der Waals surface area contributed by atoms with E-state index in [1.807, 2.05) is 0 Å². The maximum absolute atomic E-state index is 13.0. The van der Waals surface area contributed by atoms with E-state index in [1.165, 1.54) is 0 Å². The highest BCUT2D eigenvalue weighted by Gasteiger charge is 2.51. The van der Waals surface area contributed by atoms with Crippen molar-refractivity contribution in [2.75, 3.05) is 6.61 Å². The number of carbonyl (C=O) groups excluding carboxylic acids is 1. The van der Waals surface area contributed by atoms with Gasteiger partial charge in [-0.2, -0.15) is 8.78 Å². The van der Waals surface area contributed by atoms with E-state index < -0.39 is 18.3 Å². The molecule has 0 amide bonds. The highest BCUT2D eigenvalue weighted by atomic mass is 19.3. The standard InChI is InChI=1S/C14H20F4O2/c1-13(15,16)14(17,18)5-2-6-20-12(19)11-8-9-3-4-10(11)7-9/h9-11H,2-8H2,1H3. The first-order valence-corrected chi connectivity index (χ1v) is 7.13. The maximum Gasteiger partial charge on any atom is 0.310 e. The van der Waals surface area contributed by atoms with Crippen LogP contribution in [0.3, 0.4) is 0 Å². The quantitative estimate of drug-likeness (QED) is 0.420. The Morgan fingerprint density at radius 3 is 2.40 bits per heavy atom. The first kappa shape index (κ1) is 15.6. The molecule has 0 aromatic heterocycles. The second kappa shape index (κ2) is 5.53. The highest BCUT2D eigenvalue weighted by molar-refractivity contribution is 5.73. The molecule has 2 fully saturated rings. The van der Waals surface area contributed by atoms with E-state index in [-0.39, 0.29) is 31.8 Å². The molecule has 2 saturated carbocycles. The van der Waals surface area contributed by atoms with Crippen LogP contribution in [0.25, 0.3) is 0 Å². The molecule has 116 valence electrons. The summed E-state index contributed by atoms with van der Waals surface area (Å²) < 4.78 is 56.1. The molecular weight excluding hydrogens is 276 g/mol. The number of fused-ring (bicyclic) bond motifs is 2. The van der Waals surface area contributed by atoms with Crippen LogP contribution in [0.1, 0.15) is 45.4 Å². The molecule has 6 heteroatoms. The molecule has 2 rings (SSSR count). The Balaban J connectivity index is 1.68. The molecule has 2 aliphatic carbocycles. The topological polar surface area (TPSA) is 26.3 Å². The number of hydrogen-bond acceptors (Lipinski definition) is 2. The molecule has 0 heterocycles. The Labute approximate surface area is 115 Å². The summed E-state index contributed by atoms with van der Waals surface area (Å²) in [7, 11) is 0. The number of halogens is 4. The van der Waals surface area contributed by atoms with Crippen LogP contribution >= 0.6 is 0 Å². The summed E-state index contributed by atoms with van der Waals surface area (Å²) in [5.74, 6) is -7.58. The maximum atomic E-state index is 13.0. The second-order valence-corrected chi connectivity index (χ2v) is 6.15. The fourth-order valence-corrected chi connectivity index (χ4v) is 3.33. The number of rotatable bonds is 6. The average Bonchev–Trinajstić information content (AvgIpc) is 2.95. The number of ether oxygens (including phenoxy) is 1. The van der Waals surface area contributed by atoms with E-state index in [9.17, 15) is 22.4 Å². The van der Waals surface area contributed by atoms with Gasteiger partial charge in [-0.05, 0) is 37.5 Å². The Bertz CT molecular complexity index is 365.